The van der Waals surface area contributed by atoms with Crippen LogP contribution in [-0.4, -0.2) is 23.2 Å². The number of anilines is 1. The molecule has 0 atom stereocenters. The van der Waals surface area contributed by atoms with Crippen LogP contribution in [0.15, 0.2) is 73.1 Å². The fourth-order valence-corrected chi connectivity index (χ4v) is 3.13. The molecule has 2 aromatic carbocycles. The summed E-state index contributed by atoms with van der Waals surface area (Å²) in [6.07, 6.45) is 3.67. The molecule has 0 radical (unpaired) electrons. The zero-order valence-corrected chi connectivity index (χ0v) is 13.6. The van der Waals surface area contributed by atoms with Crippen LogP contribution in [0.25, 0.3) is 11.1 Å². The second kappa shape index (κ2) is 6.32. The van der Waals surface area contributed by atoms with Crippen molar-refractivity contribution in [2.75, 3.05) is 11.4 Å². The molecule has 1 aliphatic heterocycles. The maximum absolute atomic E-state index is 13.0. The summed E-state index contributed by atoms with van der Waals surface area (Å²) in [5.74, 6) is -0.0546. The van der Waals surface area contributed by atoms with Crippen LogP contribution in [0.3, 0.4) is 0 Å². The summed E-state index contributed by atoms with van der Waals surface area (Å²) in [5, 5.41) is 0. The molecule has 4 heteroatoms. The van der Waals surface area contributed by atoms with Crippen LogP contribution >= 0.6 is 0 Å². The number of benzene rings is 2. The molecule has 25 heavy (non-hydrogen) atoms. The first-order valence-corrected chi connectivity index (χ1v) is 8.18. The SMILES string of the molecule is O=C1CCN(C(=O)c2cncc(-c3ccccc3)c2)c2ccccc21. The van der Waals surface area contributed by atoms with E-state index in [2.05, 4.69) is 4.98 Å². The van der Waals surface area contributed by atoms with Crippen molar-refractivity contribution in [3.8, 4) is 11.1 Å². The molecule has 4 rings (SSSR count). The van der Waals surface area contributed by atoms with Crippen LogP contribution in [0, 0.1) is 0 Å². The lowest BCUT2D eigenvalue weighted by Gasteiger charge is -2.28. The van der Waals surface area contributed by atoms with Crippen LogP contribution in [0.2, 0.25) is 0 Å². The predicted octanol–water partition coefficient (Wildman–Crippen LogP) is 3.98. The molecule has 0 spiro atoms. The van der Waals surface area contributed by atoms with Gasteiger partial charge < -0.3 is 4.90 Å². The number of carbonyl (C=O) groups is 2. The maximum Gasteiger partial charge on any atom is 0.259 e. The van der Waals surface area contributed by atoms with Crippen molar-refractivity contribution in [2.45, 2.75) is 6.42 Å². The van der Waals surface area contributed by atoms with Crippen LogP contribution in [0.4, 0.5) is 5.69 Å². The van der Waals surface area contributed by atoms with Crippen molar-refractivity contribution >= 4 is 17.4 Å². The molecule has 122 valence electrons. The first kappa shape index (κ1) is 15.3. The van der Waals surface area contributed by atoms with E-state index in [4.69, 9.17) is 0 Å². The highest BCUT2D eigenvalue weighted by atomic mass is 16.2. The molecule has 0 aliphatic carbocycles. The van der Waals surface area contributed by atoms with Crippen molar-refractivity contribution in [1.29, 1.82) is 0 Å². The summed E-state index contributed by atoms with van der Waals surface area (Å²) in [7, 11) is 0. The number of para-hydroxylation sites is 1. The van der Waals surface area contributed by atoms with Crippen LogP contribution in [0.5, 0.6) is 0 Å². The van der Waals surface area contributed by atoms with Crippen molar-refractivity contribution in [1.82, 2.24) is 4.98 Å². The van der Waals surface area contributed by atoms with E-state index in [1.807, 2.05) is 54.6 Å². The second-order valence-corrected chi connectivity index (χ2v) is 5.98. The molecule has 4 nitrogen and oxygen atoms in total. The summed E-state index contributed by atoms with van der Waals surface area (Å²) in [5.41, 5.74) is 3.71. The minimum absolute atomic E-state index is 0.0795. The molecule has 1 aliphatic rings. The quantitative estimate of drug-likeness (QED) is 0.715. The van der Waals surface area contributed by atoms with E-state index in [1.54, 1.807) is 23.4 Å². The molecule has 1 aromatic heterocycles. The third-order valence-corrected chi connectivity index (χ3v) is 4.40. The van der Waals surface area contributed by atoms with Gasteiger partial charge >= 0.3 is 0 Å². The van der Waals surface area contributed by atoms with Crippen molar-refractivity contribution < 1.29 is 9.59 Å². The van der Waals surface area contributed by atoms with Gasteiger partial charge in [-0.05, 0) is 23.8 Å². The zero-order valence-electron chi connectivity index (χ0n) is 13.6. The molecule has 3 aromatic rings. The van der Waals surface area contributed by atoms with Crippen LogP contribution in [0.1, 0.15) is 27.1 Å². The molecule has 2 heterocycles. The van der Waals surface area contributed by atoms with E-state index in [0.29, 0.717) is 29.8 Å². The molecule has 0 fully saturated rings. The fraction of sp³-hybridized carbons (Fsp3) is 0.0952. The number of fused-ring (bicyclic) bond motifs is 1. The molecule has 0 saturated carbocycles. The number of pyridine rings is 1. The van der Waals surface area contributed by atoms with E-state index < -0.39 is 0 Å². The molecule has 0 N–H and O–H groups in total. The summed E-state index contributed by atoms with van der Waals surface area (Å²) in [6, 6.07) is 18.9. The predicted molar refractivity (Wildman–Crippen MR) is 96.7 cm³/mol. The summed E-state index contributed by atoms with van der Waals surface area (Å²) < 4.78 is 0. The van der Waals surface area contributed by atoms with Gasteiger partial charge in [-0.15, -0.1) is 0 Å². The van der Waals surface area contributed by atoms with Gasteiger partial charge in [0.15, 0.2) is 5.78 Å². The molecule has 0 saturated heterocycles. The van der Waals surface area contributed by atoms with E-state index >= 15 is 0 Å². The van der Waals surface area contributed by atoms with Gasteiger partial charge in [0.25, 0.3) is 5.91 Å². The zero-order chi connectivity index (χ0) is 17.2. The van der Waals surface area contributed by atoms with Gasteiger partial charge in [-0.25, -0.2) is 0 Å². The normalized spacial score (nSPS) is 13.4. The number of carbonyl (C=O) groups excluding carboxylic acids is 2. The number of rotatable bonds is 2. The maximum atomic E-state index is 13.0. The van der Waals surface area contributed by atoms with Gasteiger partial charge in [0, 0.05) is 36.5 Å². The smallest absolute Gasteiger partial charge is 0.259 e. The molecular formula is C21H16N2O2. The van der Waals surface area contributed by atoms with Gasteiger partial charge in [-0.3, -0.25) is 14.6 Å². The Balaban J connectivity index is 1.71. The number of nitrogens with zero attached hydrogens (tertiary/aromatic N) is 2. The van der Waals surface area contributed by atoms with E-state index in [0.717, 1.165) is 11.1 Å². The number of amides is 1. The Morgan fingerprint density at radius 2 is 1.68 bits per heavy atom. The van der Waals surface area contributed by atoms with E-state index in [1.165, 1.54) is 0 Å². The number of hydrogen-bond acceptors (Lipinski definition) is 3. The summed E-state index contributed by atoms with van der Waals surface area (Å²) in [6.45, 7) is 0.393. The van der Waals surface area contributed by atoms with Gasteiger partial charge in [0.1, 0.15) is 0 Å². The molecule has 0 unspecified atom stereocenters. The van der Waals surface area contributed by atoms with Gasteiger partial charge in [0.2, 0.25) is 0 Å². The third-order valence-electron chi connectivity index (χ3n) is 4.40. The van der Waals surface area contributed by atoms with E-state index in [-0.39, 0.29) is 11.7 Å². The standard InChI is InChI=1S/C21H16N2O2/c24-20-10-11-23(19-9-5-4-8-18(19)20)21(25)17-12-16(13-22-14-17)15-6-2-1-3-7-15/h1-9,12-14H,10-11H2. The summed E-state index contributed by atoms with van der Waals surface area (Å²) in [4.78, 5) is 31.0. The van der Waals surface area contributed by atoms with E-state index in [9.17, 15) is 9.59 Å². The molecule has 0 bridgehead atoms. The Labute approximate surface area is 145 Å². The molecule has 1 amide bonds. The number of hydrogen-bond donors (Lipinski definition) is 0. The Morgan fingerprint density at radius 1 is 0.920 bits per heavy atom. The van der Waals surface area contributed by atoms with Gasteiger partial charge in [-0.2, -0.15) is 0 Å². The summed E-state index contributed by atoms with van der Waals surface area (Å²) >= 11 is 0. The Morgan fingerprint density at radius 3 is 2.52 bits per heavy atom. The van der Waals surface area contributed by atoms with Crippen molar-refractivity contribution in [3.05, 3.63) is 84.2 Å². The third kappa shape index (κ3) is 2.83. The monoisotopic (exact) mass is 328 g/mol. The second-order valence-electron chi connectivity index (χ2n) is 5.98. The highest BCUT2D eigenvalue weighted by Gasteiger charge is 2.27. The first-order valence-electron chi connectivity index (χ1n) is 8.18. The molecular weight excluding hydrogens is 312 g/mol. The lowest BCUT2D eigenvalue weighted by molar-refractivity contribution is 0.0955. The minimum atomic E-state index is -0.134. The van der Waals surface area contributed by atoms with Crippen molar-refractivity contribution in [3.63, 3.8) is 0 Å². The first-order chi connectivity index (χ1) is 12.2. The minimum Gasteiger partial charge on any atom is -0.307 e. The topological polar surface area (TPSA) is 50.3 Å². The fourth-order valence-electron chi connectivity index (χ4n) is 3.13. The van der Waals surface area contributed by atoms with Crippen LogP contribution < -0.4 is 4.90 Å². The number of Topliss-reactive ketones (excluding diaryl/α,β-unsaturated/α-hetero) is 1. The highest BCUT2D eigenvalue weighted by molar-refractivity contribution is 6.13. The largest absolute Gasteiger partial charge is 0.307 e. The Hall–Kier alpha value is -3.27. The van der Waals surface area contributed by atoms with Crippen LogP contribution in [-0.2, 0) is 0 Å². The van der Waals surface area contributed by atoms with Gasteiger partial charge in [0.05, 0.1) is 11.3 Å². The Bertz CT molecular complexity index is 951. The lowest BCUT2D eigenvalue weighted by atomic mass is 9.99. The average Bonchev–Trinajstić information content (AvgIpc) is 2.69. The number of ketones is 1. The average molecular weight is 328 g/mol. The Kier molecular flexibility index (Phi) is 3.86. The lowest BCUT2D eigenvalue weighted by Crippen LogP contribution is -2.37. The highest BCUT2D eigenvalue weighted by Crippen LogP contribution is 2.28. The van der Waals surface area contributed by atoms with Crippen molar-refractivity contribution in [2.24, 2.45) is 0 Å². The number of aromatic nitrogens is 1. The van der Waals surface area contributed by atoms with Gasteiger partial charge in [-0.1, -0.05) is 42.5 Å².